The van der Waals surface area contributed by atoms with Gasteiger partial charge in [-0.15, -0.1) is 0 Å². The highest BCUT2D eigenvalue weighted by molar-refractivity contribution is 6.03. The average Bonchev–Trinajstić information content (AvgIpc) is 2.90. The van der Waals surface area contributed by atoms with E-state index in [1.54, 1.807) is 19.5 Å². The highest BCUT2D eigenvalue weighted by atomic mass is 16.2. The summed E-state index contributed by atoms with van der Waals surface area (Å²) in [6.07, 6.45) is 4.24. The van der Waals surface area contributed by atoms with E-state index in [0.717, 1.165) is 12.1 Å². The highest BCUT2D eigenvalue weighted by Crippen LogP contribution is 2.27. The number of aromatic nitrogens is 1. The average molecular weight is 297 g/mol. The molecule has 1 aromatic heterocycles. The number of hydrogen-bond donors (Lipinski definition) is 3. The van der Waals surface area contributed by atoms with Crippen LogP contribution in [-0.4, -0.2) is 31.0 Å². The number of hydrogen-bond acceptors (Lipinski definition) is 3. The van der Waals surface area contributed by atoms with Crippen LogP contribution in [0.2, 0.25) is 0 Å². The number of aliphatic imine (C=N–C) groups is 2. The quantitative estimate of drug-likeness (QED) is 0.724. The minimum Gasteiger partial charge on any atom is -0.357 e. The van der Waals surface area contributed by atoms with Crippen LogP contribution in [0.4, 0.5) is 21.9 Å². The number of amides is 2. The van der Waals surface area contributed by atoms with Gasteiger partial charge in [0.1, 0.15) is 5.69 Å². The van der Waals surface area contributed by atoms with Crippen molar-refractivity contribution in [3.8, 4) is 0 Å². The van der Waals surface area contributed by atoms with E-state index in [9.17, 15) is 4.79 Å². The monoisotopic (exact) mass is 297 g/mol. The summed E-state index contributed by atoms with van der Waals surface area (Å²) in [6.45, 7) is 5.60. The van der Waals surface area contributed by atoms with Gasteiger partial charge in [0.15, 0.2) is 0 Å². The van der Waals surface area contributed by atoms with Crippen molar-refractivity contribution in [2.45, 2.75) is 13.3 Å². The SMILES string of the molecule is C=Nc1c(NC(=O)Nc2ccc(CC)cc2)c[nH]c1/C=N\C. The molecule has 3 N–H and O–H groups in total. The van der Waals surface area contributed by atoms with Gasteiger partial charge in [-0.2, -0.15) is 0 Å². The second-order valence-corrected chi connectivity index (χ2v) is 4.64. The first-order chi connectivity index (χ1) is 10.7. The number of nitrogens with one attached hydrogen (secondary N) is 3. The van der Waals surface area contributed by atoms with Gasteiger partial charge in [-0.25, -0.2) is 4.79 Å². The first-order valence-corrected chi connectivity index (χ1v) is 6.95. The molecule has 0 saturated heterocycles. The third-order valence-electron chi connectivity index (χ3n) is 3.17. The molecule has 22 heavy (non-hydrogen) atoms. The van der Waals surface area contributed by atoms with Crippen LogP contribution in [0.15, 0.2) is 40.4 Å². The minimum atomic E-state index is -0.340. The maximum Gasteiger partial charge on any atom is 0.323 e. The van der Waals surface area contributed by atoms with E-state index in [2.05, 4.69) is 39.2 Å². The van der Waals surface area contributed by atoms with E-state index in [4.69, 9.17) is 0 Å². The molecule has 0 unspecified atom stereocenters. The van der Waals surface area contributed by atoms with E-state index >= 15 is 0 Å². The molecule has 0 fully saturated rings. The van der Waals surface area contributed by atoms with Crippen molar-refractivity contribution < 1.29 is 4.79 Å². The van der Waals surface area contributed by atoms with Crippen molar-refractivity contribution in [2.75, 3.05) is 17.7 Å². The number of aryl methyl sites for hydroxylation is 1. The second-order valence-electron chi connectivity index (χ2n) is 4.64. The molecule has 114 valence electrons. The number of carbonyl (C=O) groups is 1. The Kier molecular flexibility index (Phi) is 5.08. The number of aromatic amines is 1. The maximum absolute atomic E-state index is 12.0. The number of rotatable bonds is 5. The summed E-state index contributed by atoms with van der Waals surface area (Å²) in [4.78, 5) is 22.9. The van der Waals surface area contributed by atoms with Crippen molar-refractivity contribution in [1.29, 1.82) is 0 Å². The third-order valence-corrected chi connectivity index (χ3v) is 3.17. The smallest absolute Gasteiger partial charge is 0.323 e. The molecule has 2 rings (SSSR count). The summed E-state index contributed by atoms with van der Waals surface area (Å²) in [5.74, 6) is 0. The zero-order valence-electron chi connectivity index (χ0n) is 12.7. The molecule has 0 aliphatic rings. The summed E-state index contributed by atoms with van der Waals surface area (Å²) < 4.78 is 0. The Bertz CT molecular complexity index is 685. The first kappa shape index (κ1) is 15.5. The summed E-state index contributed by atoms with van der Waals surface area (Å²) in [5.41, 5.74) is 3.75. The fraction of sp³-hybridized carbons (Fsp3) is 0.188. The molecule has 0 aliphatic carbocycles. The molecule has 0 spiro atoms. The standard InChI is InChI=1S/C16H19N5O/c1-4-11-5-7-12(8-6-11)20-16(22)21-14-10-19-13(9-17-2)15(14)18-3/h5-10,19H,3-4H2,1-2H3,(H2,20,21,22)/b17-9-. The Morgan fingerprint density at radius 3 is 2.64 bits per heavy atom. The van der Waals surface area contributed by atoms with Crippen molar-refractivity contribution in [1.82, 2.24) is 4.98 Å². The van der Waals surface area contributed by atoms with E-state index in [1.165, 1.54) is 5.56 Å². The van der Waals surface area contributed by atoms with Gasteiger partial charge in [0.2, 0.25) is 0 Å². The van der Waals surface area contributed by atoms with Gasteiger partial charge in [-0.1, -0.05) is 19.1 Å². The van der Waals surface area contributed by atoms with Crippen LogP contribution in [0.3, 0.4) is 0 Å². The van der Waals surface area contributed by atoms with Crippen LogP contribution in [0, 0.1) is 0 Å². The molecule has 0 atom stereocenters. The Labute approximate surface area is 129 Å². The maximum atomic E-state index is 12.0. The molecule has 1 heterocycles. The molecule has 0 saturated carbocycles. The van der Waals surface area contributed by atoms with Crippen LogP contribution < -0.4 is 10.6 Å². The molecule has 0 aliphatic heterocycles. The molecule has 6 nitrogen and oxygen atoms in total. The lowest BCUT2D eigenvalue weighted by atomic mass is 10.1. The van der Waals surface area contributed by atoms with Crippen LogP contribution in [0.1, 0.15) is 18.2 Å². The third kappa shape index (κ3) is 3.60. The lowest BCUT2D eigenvalue weighted by Gasteiger charge is -2.07. The molecule has 2 aromatic rings. The predicted octanol–water partition coefficient (Wildman–Crippen LogP) is 3.60. The van der Waals surface area contributed by atoms with Crippen LogP contribution in [0.25, 0.3) is 0 Å². The number of nitrogens with zero attached hydrogens (tertiary/aromatic N) is 2. The van der Waals surface area contributed by atoms with Crippen LogP contribution >= 0.6 is 0 Å². The summed E-state index contributed by atoms with van der Waals surface area (Å²) in [5, 5.41) is 5.52. The Morgan fingerprint density at radius 1 is 1.32 bits per heavy atom. The van der Waals surface area contributed by atoms with Crippen LogP contribution in [0.5, 0.6) is 0 Å². The Balaban J connectivity index is 2.06. The lowest BCUT2D eigenvalue weighted by Crippen LogP contribution is -2.19. The topological polar surface area (TPSA) is 81.6 Å². The fourth-order valence-electron chi connectivity index (χ4n) is 2.03. The van der Waals surface area contributed by atoms with E-state index in [1.807, 2.05) is 24.3 Å². The molecular formula is C16H19N5O. The summed E-state index contributed by atoms with van der Waals surface area (Å²) in [7, 11) is 1.66. The predicted molar refractivity (Wildman–Crippen MR) is 92.0 cm³/mol. The largest absolute Gasteiger partial charge is 0.357 e. The van der Waals surface area contributed by atoms with Crippen molar-refractivity contribution in [2.24, 2.45) is 9.98 Å². The first-order valence-electron chi connectivity index (χ1n) is 6.95. The number of benzene rings is 1. The van der Waals surface area contributed by atoms with Gasteiger partial charge in [0.25, 0.3) is 0 Å². The molecule has 6 heteroatoms. The van der Waals surface area contributed by atoms with Gasteiger partial charge in [0.05, 0.1) is 11.4 Å². The lowest BCUT2D eigenvalue weighted by molar-refractivity contribution is 0.262. The molecule has 1 aromatic carbocycles. The van der Waals surface area contributed by atoms with Gasteiger partial charge < -0.3 is 15.6 Å². The van der Waals surface area contributed by atoms with Gasteiger partial charge >= 0.3 is 6.03 Å². The van der Waals surface area contributed by atoms with E-state index in [0.29, 0.717) is 17.1 Å². The Morgan fingerprint density at radius 2 is 2.05 bits per heavy atom. The second kappa shape index (κ2) is 7.21. The van der Waals surface area contributed by atoms with Gasteiger partial charge in [-0.05, 0) is 30.8 Å². The zero-order valence-corrected chi connectivity index (χ0v) is 12.7. The van der Waals surface area contributed by atoms with Gasteiger partial charge in [-0.3, -0.25) is 9.98 Å². The molecular weight excluding hydrogens is 278 g/mol. The number of H-pyrrole nitrogens is 1. The fourth-order valence-corrected chi connectivity index (χ4v) is 2.03. The molecule has 2 amide bonds. The molecule has 0 bridgehead atoms. The van der Waals surface area contributed by atoms with Gasteiger partial charge in [0, 0.05) is 25.1 Å². The number of urea groups is 1. The van der Waals surface area contributed by atoms with Crippen molar-refractivity contribution >= 4 is 36.0 Å². The van der Waals surface area contributed by atoms with E-state index < -0.39 is 0 Å². The van der Waals surface area contributed by atoms with Crippen molar-refractivity contribution in [3.05, 3.63) is 41.7 Å². The zero-order chi connectivity index (χ0) is 15.9. The molecule has 0 radical (unpaired) electrons. The highest BCUT2D eigenvalue weighted by Gasteiger charge is 2.11. The minimum absolute atomic E-state index is 0.340. The Hall–Kier alpha value is -2.89. The van der Waals surface area contributed by atoms with Crippen molar-refractivity contribution in [3.63, 3.8) is 0 Å². The number of anilines is 2. The van der Waals surface area contributed by atoms with E-state index in [-0.39, 0.29) is 6.03 Å². The summed E-state index contributed by atoms with van der Waals surface area (Å²) in [6, 6.07) is 7.37. The number of carbonyl (C=O) groups excluding carboxylic acids is 1. The van der Waals surface area contributed by atoms with Crippen LogP contribution in [-0.2, 0) is 6.42 Å². The summed E-state index contributed by atoms with van der Waals surface area (Å²) >= 11 is 0. The normalized spacial score (nSPS) is 10.6.